The highest BCUT2D eigenvalue weighted by Gasteiger charge is 2.31. The molecule has 23 heavy (non-hydrogen) atoms. The Kier molecular flexibility index (Phi) is 4.95. The van der Waals surface area contributed by atoms with Gasteiger partial charge in [0.05, 0.1) is 4.91 Å². The lowest BCUT2D eigenvalue weighted by Crippen LogP contribution is -2.29. The maximum absolute atomic E-state index is 12.3. The van der Waals surface area contributed by atoms with Gasteiger partial charge in [0.25, 0.3) is 5.91 Å². The van der Waals surface area contributed by atoms with Crippen LogP contribution in [0.25, 0.3) is 17.4 Å². The van der Waals surface area contributed by atoms with Crippen LogP contribution < -0.4 is 0 Å². The molecule has 0 saturated carbocycles. The first-order valence-electron chi connectivity index (χ1n) is 7.20. The van der Waals surface area contributed by atoms with Crippen molar-refractivity contribution in [2.45, 2.75) is 6.42 Å². The average molecular weight is 345 g/mol. The molecule has 1 aromatic carbocycles. The number of benzene rings is 1. The minimum absolute atomic E-state index is 0.0364. The Morgan fingerprint density at radius 1 is 1.22 bits per heavy atom. The molecule has 0 atom stereocenters. The van der Waals surface area contributed by atoms with E-state index in [0.717, 1.165) is 11.3 Å². The Morgan fingerprint density at radius 2 is 2.00 bits per heavy atom. The third kappa shape index (κ3) is 3.55. The number of hydrogen-bond donors (Lipinski definition) is 1. The van der Waals surface area contributed by atoms with E-state index >= 15 is 0 Å². The van der Waals surface area contributed by atoms with Gasteiger partial charge in [-0.1, -0.05) is 54.3 Å². The van der Waals surface area contributed by atoms with Crippen LogP contribution in [0.3, 0.4) is 0 Å². The number of carbonyl (C=O) groups excluding carboxylic acids is 1. The van der Waals surface area contributed by atoms with E-state index in [2.05, 4.69) is 0 Å². The van der Waals surface area contributed by atoms with E-state index in [1.807, 2.05) is 42.5 Å². The lowest BCUT2D eigenvalue weighted by molar-refractivity contribution is -0.122. The lowest BCUT2D eigenvalue weighted by atomic mass is 10.2. The topological polar surface area (TPSA) is 53.7 Å². The third-order valence-electron chi connectivity index (χ3n) is 3.37. The van der Waals surface area contributed by atoms with Crippen molar-refractivity contribution < 1.29 is 14.3 Å². The van der Waals surface area contributed by atoms with Crippen molar-refractivity contribution in [3.8, 4) is 11.3 Å². The molecular weight excluding hydrogens is 330 g/mol. The summed E-state index contributed by atoms with van der Waals surface area (Å²) in [5.74, 6) is 1.24. The molecule has 0 bridgehead atoms. The quantitative estimate of drug-likeness (QED) is 0.664. The second-order valence-corrected chi connectivity index (χ2v) is 6.65. The fraction of sp³-hybridized carbons (Fsp3) is 0.176. The Bertz CT molecular complexity index is 752. The van der Waals surface area contributed by atoms with Crippen LogP contribution in [0.1, 0.15) is 12.2 Å². The van der Waals surface area contributed by atoms with E-state index in [4.69, 9.17) is 21.7 Å². The maximum Gasteiger partial charge on any atom is 0.266 e. The summed E-state index contributed by atoms with van der Waals surface area (Å²) in [6.07, 6.45) is 2.23. The average Bonchev–Trinajstić information content (AvgIpc) is 3.13. The molecule has 2 aromatic rings. The first-order chi connectivity index (χ1) is 11.2. The number of nitrogens with zero attached hydrogens (tertiary/aromatic N) is 1. The second kappa shape index (κ2) is 7.12. The van der Waals surface area contributed by atoms with E-state index in [0.29, 0.717) is 28.0 Å². The van der Waals surface area contributed by atoms with E-state index in [1.165, 1.54) is 16.7 Å². The maximum atomic E-state index is 12.3. The molecule has 1 N–H and O–H groups in total. The molecular formula is C17H15NO3S2. The predicted octanol–water partition coefficient (Wildman–Crippen LogP) is 3.53. The lowest BCUT2D eigenvalue weighted by Gasteiger charge is -2.12. The molecule has 1 saturated heterocycles. The molecule has 1 aliphatic heterocycles. The van der Waals surface area contributed by atoms with Gasteiger partial charge in [0.15, 0.2) is 0 Å². The summed E-state index contributed by atoms with van der Waals surface area (Å²) < 4.78 is 6.31. The number of thioether (sulfide) groups is 1. The van der Waals surface area contributed by atoms with Gasteiger partial charge in [0, 0.05) is 24.8 Å². The summed E-state index contributed by atoms with van der Waals surface area (Å²) in [7, 11) is 0. The number of amides is 1. The van der Waals surface area contributed by atoms with E-state index in [9.17, 15) is 4.79 Å². The molecule has 0 aliphatic carbocycles. The number of rotatable bonds is 5. The van der Waals surface area contributed by atoms with Crippen LogP contribution in [0.4, 0.5) is 0 Å². The Balaban J connectivity index is 1.79. The van der Waals surface area contributed by atoms with Gasteiger partial charge in [-0.2, -0.15) is 0 Å². The van der Waals surface area contributed by atoms with Crippen LogP contribution in [0.15, 0.2) is 51.8 Å². The highest BCUT2D eigenvalue weighted by molar-refractivity contribution is 8.26. The molecule has 0 spiro atoms. The number of carbonyl (C=O) groups is 1. The highest BCUT2D eigenvalue weighted by Crippen LogP contribution is 2.33. The van der Waals surface area contributed by atoms with Crippen molar-refractivity contribution in [1.29, 1.82) is 0 Å². The summed E-state index contributed by atoms with van der Waals surface area (Å²) in [4.78, 5) is 14.4. The summed E-state index contributed by atoms with van der Waals surface area (Å²) in [6.45, 7) is 0.473. The zero-order chi connectivity index (χ0) is 16.2. The third-order valence-corrected chi connectivity index (χ3v) is 4.75. The van der Waals surface area contributed by atoms with Gasteiger partial charge in [0.1, 0.15) is 15.8 Å². The predicted molar refractivity (Wildman–Crippen MR) is 95.7 cm³/mol. The zero-order valence-electron chi connectivity index (χ0n) is 12.3. The van der Waals surface area contributed by atoms with Crippen LogP contribution in [-0.4, -0.2) is 33.4 Å². The molecule has 0 unspecified atom stereocenters. The number of hydrogen-bond acceptors (Lipinski definition) is 5. The normalized spacial score (nSPS) is 16.6. The first kappa shape index (κ1) is 16.0. The molecule has 3 rings (SSSR count). The standard InChI is InChI=1S/C17H15NO3S2/c19-10-4-9-18-16(20)15(23-17(18)22)11-13-7-8-14(21-13)12-5-2-1-3-6-12/h1-3,5-8,11,19H,4,9-10H2/b15-11+. The first-order valence-corrected chi connectivity index (χ1v) is 8.43. The number of aliphatic hydroxyl groups excluding tert-OH is 1. The van der Waals surface area contributed by atoms with Crippen molar-refractivity contribution in [2.24, 2.45) is 0 Å². The van der Waals surface area contributed by atoms with Crippen LogP contribution >= 0.6 is 24.0 Å². The van der Waals surface area contributed by atoms with Gasteiger partial charge in [-0.15, -0.1) is 0 Å². The smallest absolute Gasteiger partial charge is 0.266 e. The molecule has 1 aliphatic rings. The van der Waals surface area contributed by atoms with Gasteiger partial charge in [-0.3, -0.25) is 9.69 Å². The van der Waals surface area contributed by atoms with Crippen LogP contribution in [0.5, 0.6) is 0 Å². The van der Waals surface area contributed by atoms with Crippen molar-refractivity contribution in [2.75, 3.05) is 13.2 Å². The Hall–Kier alpha value is -1.89. The van der Waals surface area contributed by atoms with Crippen molar-refractivity contribution in [3.05, 3.63) is 53.1 Å². The summed E-state index contributed by atoms with van der Waals surface area (Å²) in [6, 6.07) is 13.5. The molecule has 6 heteroatoms. The monoisotopic (exact) mass is 345 g/mol. The molecule has 0 radical (unpaired) electrons. The van der Waals surface area contributed by atoms with E-state index in [-0.39, 0.29) is 12.5 Å². The number of furan rings is 1. The van der Waals surface area contributed by atoms with E-state index < -0.39 is 0 Å². The van der Waals surface area contributed by atoms with Crippen molar-refractivity contribution in [1.82, 2.24) is 4.90 Å². The largest absolute Gasteiger partial charge is 0.457 e. The molecule has 2 heterocycles. The minimum atomic E-state index is -0.133. The van der Waals surface area contributed by atoms with Gasteiger partial charge >= 0.3 is 0 Å². The van der Waals surface area contributed by atoms with Crippen molar-refractivity contribution >= 4 is 40.3 Å². The highest BCUT2D eigenvalue weighted by atomic mass is 32.2. The molecule has 1 amide bonds. The summed E-state index contributed by atoms with van der Waals surface area (Å²) in [5, 5.41) is 8.89. The fourth-order valence-corrected chi connectivity index (χ4v) is 3.53. The molecule has 1 aromatic heterocycles. The van der Waals surface area contributed by atoms with Crippen LogP contribution in [-0.2, 0) is 4.79 Å². The summed E-state index contributed by atoms with van der Waals surface area (Å²) in [5.41, 5.74) is 0.989. The fourth-order valence-electron chi connectivity index (χ4n) is 2.24. The second-order valence-electron chi connectivity index (χ2n) is 4.98. The zero-order valence-corrected chi connectivity index (χ0v) is 13.9. The van der Waals surface area contributed by atoms with Gasteiger partial charge < -0.3 is 9.52 Å². The Morgan fingerprint density at radius 3 is 2.74 bits per heavy atom. The van der Waals surface area contributed by atoms with Gasteiger partial charge in [-0.05, 0) is 18.6 Å². The molecule has 118 valence electrons. The Labute approximate surface area is 143 Å². The SMILES string of the molecule is O=C1/C(=C\c2ccc(-c3ccccc3)o2)SC(=S)N1CCCO. The van der Waals surface area contributed by atoms with E-state index in [1.54, 1.807) is 6.08 Å². The summed E-state index contributed by atoms with van der Waals surface area (Å²) >= 11 is 6.48. The minimum Gasteiger partial charge on any atom is -0.457 e. The van der Waals surface area contributed by atoms with Gasteiger partial charge in [0.2, 0.25) is 0 Å². The van der Waals surface area contributed by atoms with Gasteiger partial charge in [-0.25, -0.2) is 0 Å². The molecule has 4 nitrogen and oxygen atoms in total. The van der Waals surface area contributed by atoms with Crippen LogP contribution in [0, 0.1) is 0 Å². The number of thiocarbonyl (C=S) groups is 1. The number of aliphatic hydroxyl groups is 1. The molecule has 1 fully saturated rings. The van der Waals surface area contributed by atoms with Crippen molar-refractivity contribution in [3.63, 3.8) is 0 Å². The van der Waals surface area contributed by atoms with Crippen LogP contribution in [0.2, 0.25) is 0 Å².